The van der Waals surface area contributed by atoms with Crippen LogP contribution >= 0.6 is 0 Å². The van der Waals surface area contributed by atoms with Crippen LogP contribution < -0.4 is 14.8 Å². The third-order valence-electron chi connectivity index (χ3n) is 6.47. The predicted octanol–water partition coefficient (Wildman–Crippen LogP) is 3.68. The van der Waals surface area contributed by atoms with E-state index in [0.717, 1.165) is 18.4 Å². The Labute approximate surface area is 186 Å². The first-order valence-electron chi connectivity index (χ1n) is 11.0. The molecule has 1 saturated heterocycles. The van der Waals surface area contributed by atoms with Gasteiger partial charge in [0.15, 0.2) is 11.5 Å². The summed E-state index contributed by atoms with van der Waals surface area (Å²) in [5, 5.41) is 7.65. The van der Waals surface area contributed by atoms with Gasteiger partial charge < -0.3 is 19.7 Å². The third kappa shape index (κ3) is 4.52. The van der Waals surface area contributed by atoms with Crippen LogP contribution in [0.1, 0.15) is 36.6 Å². The molecular weight excluding hydrogens is 418 g/mol. The molecule has 9 heteroatoms. The normalized spacial score (nSPS) is 22.9. The molecule has 0 bridgehead atoms. The summed E-state index contributed by atoms with van der Waals surface area (Å²) in [5.41, 5.74) is 1.57. The Bertz CT molecular complexity index is 965. The number of rotatable bonds is 6. The topological polar surface area (TPSA) is 68.6 Å². The first kappa shape index (κ1) is 22.4. The van der Waals surface area contributed by atoms with Crippen molar-refractivity contribution in [1.82, 2.24) is 14.7 Å². The first-order chi connectivity index (χ1) is 15.4. The number of amides is 1. The number of methoxy groups -OCH3 is 2. The molecule has 1 aromatic heterocycles. The Morgan fingerprint density at radius 1 is 1.25 bits per heavy atom. The molecule has 1 amide bonds. The molecular formula is C23H30F2N4O3. The number of halogens is 2. The van der Waals surface area contributed by atoms with Crippen molar-refractivity contribution in [3.8, 4) is 11.5 Å². The van der Waals surface area contributed by atoms with Crippen molar-refractivity contribution in [3.63, 3.8) is 0 Å². The van der Waals surface area contributed by atoms with Crippen molar-refractivity contribution in [2.75, 3.05) is 32.6 Å². The summed E-state index contributed by atoms with van der Waals surface area (Å²) in [6.07, 6.45) is -0.159. The zero-order valence-electron chi connectivity index (χ0n) is 18.7. The molecule has 1 N–H and O–H groups in total. The van der Waals surface area contributed by atoms with Gasteiger partial charge in [-0.25, -0.2) is 13.5 Å². The third-order valence-corrected chi connectivity index (χ3v) is 6.47. The minimum Gasteiger partial charge on any atom is -0.493 e. The molecule has 4 rings (SSSR count). The van der Waals surface area contributed by atoms with Crippen LogP contribution in [0.3, 0.4) is 0 Å². The Morgan fingerprint density at radius 3 is 2.75 bits per heavy atom. The fourth-order valence-electron chi connectivity index (χ4n) is 4.85. The van der Waals surface area contributed by atoms with E-state index in [9.17, 15) is 13.6 Å². The van der Waals surface area contributed by atoms with Crippen LogP contribution in [0.15, 0.2) is 24.3 Å². The fourth-order valence-corrected chi connectivity index (χ4v) is 4.85. The second kappa shape index (κ2) is 9.34. The van der Waals surface area contributed by atoms with Gasteiger partial charge in [-0.05, 0) is 49.8 Å². The monoisotopic (exact) mass is 448 g/mol. The van der Waals surface area contributed by atoms with Crippen molar-refractivity contribution in [2.24, 2.45) is 5.92 Å². The number of anilines is 1. The maximum absolute atomic E-state index is 13.7. The van der Waals surface area contributed by atoms with E-state index in [1.165, 1.54) is 4.68 Å². The first-order valence-corrected chi connectivity index (χ1v) is 11.0. The van der Waals surface area contributed by atoms with Crippen LogP contribution in [0.2, 0.25) is 0 Å². The van der Waals surface area contributed by atoms with E-state index in [2.05, 4.69) is 10.4 Å². The number of hydrogen-bond acceptors (Lipinski definition) is 5. The number of fused-ring (bicyclic) bond motifs is 1. The SMILES string of the molecule is COc1ccc(CC(=O)N2CCCC([C@@H]3C[C@H](C(F)F)n4nc(C)cc4N3)C2)cc1OC. The molecule has 3 atom stereocenters. The number of piperidine rings is 1. The molecule has 3 heterocycles. The van der Waals surface area contributed by atoms with Gasteiger partial charge in [-0.15, -0.1) is 0 Å². The van der Waals surface area contributed by atoms with Crippen molar-refractivity contribution in [2.45, 2.75) is 51.1 Å². The number of carbonyl (C=O) groups excluding carboxylic acids is 1. The molecule has 0 saturated carbocycles. The minimum atomic E-state index is -2.48. The van der Waals surface area contributed by atoms with Crippen LogP contribution in [0, 0.1) is 12.8 Å². The maximum Gasteiger partial charge on any atom is 0.260 e. The summed E-state index contributed by atoms with van der Waals surface area (Å²) in [5.74, 6) is 1.99. The smallest absolute Gasteiger partial charge is 0.260 e. The number of likely N-dealkylation sites (tertiary alicyclic amines) is 1. The van der Waals surface area contributed by atoms with Crippen LogP contribution in [0.5, 0.6) is 11.5 Å². The fraction of sp³-hybridized carbons (Fsp3) is 0.565. The quantitative estimate of drug-likeness (QED) is 0.730. The van der Waals surface area contributed by atoms with Gasteiger partial charge in [0.25, 0.3) is 6.43 Å². The van der Waals surface area contributed by atoms with Gasteiger partial charge in [-0.3, -0.25) is 4.79 Å². The van der Waals surface area contributed by atoms with Crippen molar-refractivity contribution in [1.29, 1.82) is 0 Å². The number of nitrogens with one attached hydrogen (secondary N) is 1. The Balaban J connectivity index is 1.44. The van der Waals surface area contributed by atoms with E-state index >= 15 is 0 Å². The van der Waals surface area contributed by atoms with Gasteiger partial charge in [0.2, 0.25) is 5.91 Å². The summed E-state index contributed by atoms with van der Waals surface area (Å²) < 4.78 is 39.5. The second-order valence-corrected chi connectivity index (χ2v) is 8.61. The minimum absolute atomic E-state index is 0.0315. The predicted molar refractivity (Wildman–Crippen MR) is 117 cm³/mol. The number of ether oxygens (including phenoxy) is 2. The largest absolute Gasteiger partial charge is 0.493 e. The van der Waals surface area contributed by atoms with E-state index in [1.807, 2.05) is 23.1 Å². The van der Waals surface area contributed by atoms with Gasteiger partial charge in [-0.2, -0.15) is 5.10 Å². The maximum atomic E-state index is 13.7. The summed E-state index contributed by atoms with van der Waals surface area (Å²) >= 11 is 0. The molecule has 174 valence electrons. The van der Waals surface area contributed by atoms with E-state index in [-0.39, 0.29) is 24.3 Å². The van der Waals surface area contributed by atoms with Crippen LogP contribution in [0.25, 0.3) is 0 Å². The number of aryl methyl sites for hydroxylation is 1. The highest BCUT2D eigenvalue weighted by atomic mass is 19.3. The standard InChI is InChI=1S/C23H30F2N4O3/c1-14-9-21-26-17(12-18(23(24)25)29(21)27-14)16-5-4-8-28(13-16)22(30)11-15-6-7-19(31-2)20(10-15)32-3/h6-7,9-10,16-18,23,26H,4-5,8,11-13H2,1-3H3/t16?,17-,18+/m0/s1. The van der Waals surface area contributed by atoms with Gasteiger partial charge >= 0.3 is 0 Å². The summed E-state index contributed by atoms with van der Waals surface area (Å²) in [6, 6.07) is 6.22. The molecule has 32 heavy (non-hydrogen) atoms. The van der Waals surface area contributed by atoms with E-state index < -0.39 is 12.5 Å². The Hall–Kier alpha value is -2.84. The molecule has 0 spiro atoms. The molecule has 2 aromatic rings. The van der Waals surface area contributed by atoms with Crippen LogP contribution in [-0.4, -0.2) is 60.4 Å². The van der Waals surface area contributed by atoms with Gasteiger partial charge in [0.1, 0.15) is 11.9 Å². The molecule has 2 aliphatic rings. The van der Waals surface area contributed by atoms with Crippen molar-refractivity contribution < 1.29 is 23.0 Å². The van der Waals surface area contributed by atoms with E-state index in [1.54, 1.807) is 27.2 Å². The number of carbonyl (C=O) groups is 1. The van der Waals surface area contributed by atoms with Gasteiger partial charge in [0.05, 0.1) is 26.3 Å². The molecule has 1 fully saturated rings. The molecule has 0 aliphatic carbocycles. The van der Waals surface area contributed by atoms with Crippen molar-refractivity contribution >= 4 is 11.7 Å². The summed E-state index contributed by atoms with van der Waals surface area (Å²) in [6.45, 7) is 3.05. The Kier molecular flexibility index (Phi) is 6.53. The average molecular weight is 449 g/mol. The van der Waals surface area contributed by atoms with Crippen LogP contribution in [-0.2, 0) is 11.2 Å². The Morgan fingerprint density at radius 2 is 2.03 bits per heavy atom. The number of hydrogen-bond donors (Lipinski definition) is 1. The number of aromatic nitrogens is 2. The lowest BCUT2D eigenvalue weighted by molar-refractivity contribution is -0.132. The molecule has 7 nitrogen and oxygen atoms in total. The highest BCUT2D eigenvalue weighted by Gasteiger charge is 2.38. The number of benzene rings is 1. The highest BCUT2D eigenvalue weighted by Crippen LogP contribution is 2.36. The number of nitrogens with zero attached hydrogens (tertiary/aromatic N) is 3. The average Bonchev–Trinajstić information content (AvgIpc) is 3.18. The number of alkyl halides is 2. The lowest BCUT2D eigenvalue weighted by atomic mass is 9.85. The lowest BCUT2D eigenvalue weighted by Gasteiger charge is -2.41. The van der Waals surface area contributed by atoms with Gasteiger partial charge in [-0.1, -0.05) is 6.07 Å². The molecule has 1 aromatic carbocycles. The second-order valence-electron chi connectivity index (χ2n) is 8.61. The van der Waals surface area contributed by atoms with Crippen molar-refractivity contribution in [3.05, 3.63) is 35.5 Å². The lowest BCUT2D eigenvalue weighted by Crippen LogP contribution is -2.48. The molecule has 2 aliphatic heterocycles. The highest BCUT2D eigenvalue weighted by molar-refractivity contribution is 5.79. The molecule has 0 radical (unpaired) electrons. The van der Waals surface area contributed by atoms with Crippen LogP contribution in [0.4, 0.5) is 14.6 Å². The van der Waals surface area contributed by atoms with E-state index in [4.69, 9.17) is 9.47 Å². The zero-order valence-corrected chi connectivity index (χ0v) is 18.7. The summed E-state index contributed by atoms with van der Waals surface area (Å²) in [7, 11) is 3.14. The zero-order chi connectivity index (χ0) is 22.8. The van der Waals surface area contributed by atoms with Gasteiger partial charge in [0, 0.05) is 25.2 Å². The summed E-state index contributed by atoms with van der Waals surface area (Å²) in [4.78, 5) is 14.9. The van der Waals surface area contributed by atoms with E-state index in [0.29, 0.717) is 42.5 Å². The molecule has 1 unspecified atom stereocenters.